The molecule has 110 valence electrons. The van der Waals surface area contributed by atoms with E-state index in [0.717, 1.165) is 24.3 Å². The molecule has 0 aromatic heterocycles. The summed E-state index contributed by atoms with van der Waals surface area (Å²) in [4.78, 5) is 23.2. The summed E-state index contributed by atoms with van der Waals surface area (Å²) in [6, 6.07) is -0.102. The predicted octanol–water partition coefficient (Wildman–Crippen LogP) is 2.07. The fourth-order valence-electron chi connectivity index (χ4n) is 1.78. The van der Waals surface area contributed by atoms with Crippen LogP contribution in [0.15, 0.2) is 0 Å². The van der Waals surface area contributed by atoms with E-state index in [2.05, 4.69) is 10.6 Å². The summed E-state index contributed by atoms with van der Waals surface area (Å²) in [6.45, 7) is 6.70. The molecule has 5 nitrogen and oxygen atoms in total. The number of urea groups is 1. The summed E-state index contributed by atoms with van der Waals surface area (Å²) in [5.74, 6) is 1.15. The number of thioether (sulfide) groups is 1. The number of rotatable bonds is 4. The first-order valence-corrected chi connectivity index (χ1v) is 7.72. The molecule has 1 heterocycles. The van der Waals surface area contributed by atoms with Gasteiger partial charge in [-0.3, -0.25) is 4.79 Å². The highest BCUT2D eigenvalue weighted by atomic mass is 32.2. The van der Waals surface area contributed by atoms with E-state index in [9.17, 15) is 14.7 Å². The zero-order valence-corrected chi connectivity index (χ0v) is 12.9. The van der Waals surface area contributed by atoms with Gasteiger partial charge in [0.15, 0.2) is 0 Å². The van der Waals surface area contributed by atoms with Crippen LogP contribution in [0.2, 0.25) is 0 Å². The van der Waals surface area contributed by atoms with Crippen LogP contribution in [-0.2, 0) is 4.79 Å². The van der Waals surface area contributed by atoms with Gasteiger partial charge in [-0.25, -0.2) is 4.79 Å². The van der Waals surface area contributed by atoms with Crippen molar-refractivity contribution in [3.05, 3.63) is 0 Å². The number of carbonyl (C=O) groups is 2. The standard InChI is InChI=1S/C13H24N2O3S/c1-12(2,10(16)17)13(3,4)15-11(18)14-9-6-5-7-19-8-9/h9H,5-8H2,1-4H3,(H,16,17)(H2,14,15,18). The molecule has 19 heavy (non-hydrogen) atoms. The van der Waals surface area contributed by atoms with Crippen molar-refractivity contribution in [1.82, 2.24) is 10.6 Å². The van der Waals surface area contributed by atoms with E-state index in [4.69, 9.17) is 0 Å². The minimum absolute atomic E-state index is 0.183. The molecule has 0 aromatic carbocycles. The summed E-state index contributed by atoms with van der Waals surface area (Å²) >= 11 is 1.84. The Labute approximate surface area is 118 Å². The lowest BCUT2D eigenvalue weighted by atomic mass is 9.74. The van der Waals surface area contributed by atoms with Gasteiger partial charge < -0.3 is 15.7 Å². The van der Waals surface area contributed by atoms with Crippen LogP contribution in [0.5, 0.6) is 0 Å². The predicted molar refractivity (Wildman–Crippen MR) is 77.5 cm³/mol. The third-order valence-corrected chi connectivity index (χ3v) is 5.23. The van der Waals surface area contributed by atoms with E-state index < -0.39 is 16.9 Å². The first kappa shape index (κ1) is 16.1. The molecule has 1 rings (SSSR count). The smallest absolute Gasteiger partial charge is 0.315 e. The van der Waals surface area contributed by atoms with E-state index in [1.807, 2.05) is 11.8 Å². The highest BCUT2D eigenvalue weighted by Gasteiger charge is 2.44. The number of carboxylic acids is 1. The van der Waals surface area contributed by atoms with E-state index in [0.29, 0.717) is 0 Å². The highest BCUT2D eigenvalue weighted by Crippen LogP contribution is 2.30. The van der Waals surface area contributed by atoms with Crippen LogP contribution in [0, 0.1) is 5.41 Å². The number of nitrogens with one attached hydrogen (secondary N) is 2. The Kier molecular flexibility index (Phi) is 5.12. The molecule has 1 aliphatic heterocycles. The topological polar surface area (TPSA) is 78.4 Å². The Hall–Kier alpha value is -0.910. The van der Waals surface area contributed by atoms with Crippen molar-refractivity contribution in [2.45, 2.75) is 52.1 Å². The van der Waals surface area contributed by atoms with E-state index >= 15 is 0 Å². The summed E-state index contributed by atoms with van der Waals surface area (Å²) in [7, 11) is 0. The van der Waals surface area contributed by atoms with Crippen molar-refractivity contribution >= 4 is 23.8 Å². The van der Waals surface area contributed by atoms with Gasteiger partial charge >= 0.3 is 12.0 Å². The average molecular weight is 288 g/mol. The van der Waals surface area contributed by atoms with Gasteiger partial charge in [-0.05, 0) is 46.3 Å². The van der Waals surface area contributed by atoms with Gasteiger partial charge in [0, 0.05) is 11.8 Å². The second-order valence-corrected chi connectivity index (χ2v) is 7.22. The number of aliphatic carboxylic acids is 1. The molecule has 6 heteroatoms. The molecule has 0 saturated carbocycles. The quantitative estimate of drug-likeness (QED) is 0.740. The van der Waals surface area contributed by atoms with E-state index in [1.165, 1.54) is 0 Å². The lowest BCUT2D eigenvalue weighted by Crippen LogP contribution is -2.60. The van der Waals surface area contributed by atoms with Crippen molar-refractivity contribution < 1.29 is 14.7 Å². The van der Waals surface area contributed by atoms with Gasteiger partial charge in [0.1, 0.15) is 0 Å². The summed E-state index contributed by atoms with van der Waals surface area (Å²) in [6.07, 6.45) is 2.10. The van der Waals surface area contributed by atoms with Gasteiger partial charge in [0.05, 0.1) is 11.0 Å². The van der Waals surface area contributed by atoms with Crippen LogP contribution in [0.1, 0.15) is 40.5 Å². The largest absolute Gasteiger partial charge is 0.481 e. The van der Waals surface area contributed by atoms with Crippen molar-refractivity contribution in [2.75, 3.05) is 11.5 Å². The number of hydrogen-bond acceptors (Lipinski definition) is 3. The Morgan fingerprint density at radius 2 is 1.89 bits per heavy atom. The third kappa shape index (κ3) is 4.03. The molecule has 1 aliphatic rings. The zero-order valence-electron chi connectivity index (χ0n) is 12.1. The van der Waals surface area contributed by atoms with Crippen LogP contribution >= 0.6 is 11.8 Å². The second-order valence-electron chi connectivity index (χ2n) is 6.07. The van der Waals surface area contributed by atoms with Gasteiger partial charge in [0.25, 0.3) is 0 Å². The molecular weight excluding hydrogens is 264 g/mol. The van der Waals surface area contributed by atoms with Crippen LogP contribution in [-0.4, -0.2) is 40.2 Å². The maximum absolute atomic E-state index is 12.0. The summed E-state index contributed by atoms with van der Waals surface area (Å²) in [5.41, 5.74) is -1.86. The lowest BCUT2D eigenvalue weighted by Gasteiger charge is -2.39. The van der Waals surface area contributed by atoms with Crippen LogP contribution in [0.25, 0.3) is 0 Å². The Morgan fingerprint density at radius 1 is 1.26 bits per heavy atom. The molecule has 1 saturated heterocycles. The van der Waals surface area contributed by atoms with E-state index in [-0.39, 0.29) is 12.1 Å². The van der Waals surface area contributed by atoms with Crippen molar-refractivity contribution in [3.63, 3.8) is 0 Å². The van der Waals surface area contributed by atoms with Crippen molar-refractivity contribution in [3.8, 4) is 0 Å². The maximum Gasteiger partial charge on any atom is 0.315 e. The molecule has 0 radical (unpaired) electrons. The summed E-state index contributed by atoms with van der Waals surface area (Å²) in [5, 5.41) is 14.9. The maximum atomic E-state index is 12.0. The summed E-state index contributed by atoms with van der Waals surface area (Å²) < 4.78 is 0. The number of carbonyl (C=O) groups excluding carboxylic acids is 1. The molecule has 3 N–H and O–H groups in total. The van der Waals surface area contributed by atoms with Gasteiger partial charge in [-0.2, -0.15) is 11.8 Å². The normalized spacial score (nSPS) is 20.7. The van der Waals surface area contributed by atoms with Crippen LogP contribution < -0.4 is 10.6 Å². The number of amides is 2. The van der Waals surface area contributed by atoms with E-state index in [1.54, 1.807) is 27.7 Å². The fraction of sp³-hybridized carbons (Fsp3) is 0.846. The molecule has 2 amide bonds. The minimum atomic E-state index is -1.04. The Morgan fingerprint density at radius 3 is 2.37 bits per heavy atom. The number of carboxylic acid groups (broad SMARTS) is 1. The van der Waals surface area contributed by atoms with Crippen LogP contribution in [0.4, 0.5) is 4.79 Å². The highest BCUT2D eigenvalue weighted by molar-refractivity contribution is 7.99. The lowest BCUT2D eigenvalue weighted by molar-refractivity contribution is -0.150. The average Bonchev–Trinajstić information content (AvgIpc) is 2.28. The first-order valence-electron chi connectivity index (χ1n) is 6.56. The monoisotopic (exact) mass is 288 g/mol. The molecule has 0 aromatic rings. The molecule has 1 atom stereocenters. The minimum Gasteiger partial charge on any atom is -0.481 e. The van der Waals surface area contributed by atoms with Crippen molar-refractivity contribution in [1.29, 1.82) is 0 Å². The van der Waals surface area contributed by atoms with Gasteiger partial charge in [0.2, 0.25) is 0 Å². The SMILES string of the molecule is CC(C)(NC(=O)NC1CCCSC1)C(C)(C)C(=O)O. The molecular formula is C13H24N2O3S. The van der Waals surface area contributed by atoms with Gasteiger partial charge in [-0.15, -0.1) is 0 Å². The van der Waals surface area contributed by atoms with Gasteiger partial charge in [-0.1, -0.05) is 0 Å². The Bertz CT molecular complexity index is 350. The number of hydrogen-bond donors (Lipinski definition) is 3. The molecule has 0 spiro atoms. The molecule has 1 unspecified atom stereocenters. The third-order valence-electron chi connectivity index (χ3n) is 4.02. The molecule has 0 bridgehead atoms. The Balaban J connectivity index is 2.57. The molecule has 0 aliphatic carbocycles. The first-order chi connectivity index (χ1) is 8.67. The zero-order chi connectivity index (χ0) is 14.7. The second kappa shape index (κ2) is 6.03. The molecule has 1 fully saturated rings. The van der Waals surface area contributed by atoms with Crippen LogP contribution in [0.3, 0.4) is 0 Å². The van der Waals surface area contributed by atoms with Crippen molar-refractivity contribution in [2.24, 2.45) is 5.41 Å². The fourth-order valence-corrected chi connectivity index (χ4v) is 2.86.